The third kappa shape index (κ3) is 6.05. The Morgan fingerprint density at radius 1 is 0.600 bits per heavy atom. The maximum Gasteiger partial charge on any atom is 0.0555 e. The van der Waals surface area contributed by atoms with Crippen LogP contribution in [0.1, 0.15) is 151 Å². The normalized spacial score (nSPS) is 50.8. The van der Waals surface area contributed by atoms with Gasteiger partial charge in [0.2, 0.25) is 0 Å². The van der Waals surface area contributed by atoms with Gasteiger partial charge in [-0.25, -0.2) is 0 Å². The number of rotatable bonds is 5. The van der Waals surface area contributed by atoms with E-state index in [-0.39, 0.29) is 0 Å². The molecule has 0 spiro atoms. The van der Waals surface area contributed by atoms with Crippen LogP contribution in [0.3, 0.4) is 0 Å². The molecular weight excluding hydrogens is 577 g/mol. The van der Waals surface area contributed by atoms with E-state index >= 15 is 0 Å². The first kappa shape index (κ1) is 34.0. The van der Waals surface area contributed by atoms with Gasteiger partial charge in [0.1, 0.15) is 0 Å². The van der Waals surface area contributed by atoms with Crippen molar-refractivity contribution >= 4 is 19.8 Å². The zero-order valence-electron chi connectivity index (χ0n) is 31.5. The molecule has 1 heterocycles. The first-order valence-corrected chi connectivity index (χ1v) is 25.1. The molecule has 1 saturated heterocycles. The molecule has 258 valence electrons. The fourth-order valence-electron chi connectivity index (χ4n) is 15.8. The van der Waals surface area contributed by atoms with Gasteiger partial charge in [-0.3, -0.25) is 0 Å². The van der Waals surface area contributed by atoms with E-state index in [0.717, 1.165) is 98.5 Å². The Bertz CT molecular complexity index is 1000. The molecule has 6 aliphatic carbocycles. The summed E-state index contributed by atoms with van der Waals surface area (Å²) < 4.78 is 0. The Hall–Kier alpha value is 0.567. The van der Waals surface area contributed by atoms with Gasteiger partial charge in [-0.2, -0.15) is 11.8 Å². The van der Waals surface area contributed by atoms with Crippen molar-refractivity contribution in [3.8, 4) is 0 Å². The summed E-state index contributed by atoms with van der Waals surface area (Å²) in [7, 11) is -1.50. The highest BCUT2D eigenvalue weighted by Gasteiger charge is 2.63. The molecule has 45 heavy (non-hydrogen) atoms. The second-order valence-corrected chi connectivity index (χ2v) is 27.5. The van der Waals surface area contributed by atoms with Crippen molar-refractivity contribution in [2.45, 2.75) is 186 Å². The predicted molar refractivity (Wildman–Crippen MR) is 202 cm³/mol. The van der Waals surface area contributed by atoms with Gasteiger partial charge in [0, 0.05) is 10.5 Å². The van der Waals surface area contributed by atoms with Crippen molar-refractivity contribution in [1.82, 2.24) is 0 Å². The fourth-order valence-corrected chi connectivity index (χ4v) is 25.3. The van der Waals surface area contributed by atoms with Crippen LogP contribution in [0.2, 0.25) is 24.2 Å². The van der Waals surface area contributed by atoms with Gasteiger partial charge >= 0.3 is 0 Å². The maximum absolute atomic E-state index is 2.99. The van der Waals surface area contributed by atoms with Gasteiger partial charge in [0.15, 0.2) is 0 Å². The second-order valence-electron chi connectivity index (χ2n) is 21.0. The third-order valence-corrected chi connectivity index (χ3v) is 24.5. The van der Waals surface area contributed by atoms with Crippen LogP contribution in [0.15, 0.2) is 0 Å². The molecule has 0 aromatic rings. The highest BCUT2D eigenvalue weighted by Crippen LogP contribution is 2.70. The summed E-state index contributed by atoms with van der Waals surface area (Å²) in [6.07, 6.45) is 25.1. The maximum atomic E-state index is 2.99. The lowest BCUT2D eigenvalue weighted by Crippen LogP contribution is -2.48. The van der Waals surface area contributed by atoms with Crippen LogP contribution < -0.4 is 0 Å². The minimum absolute atomic E-state index is 0.503. The van der Waals surface area contributed by atoms with E-state index < -0.39 is 8.07 Å². The number of thioether (sulfide) groups is 1. The van der Waals surface area contributed by atoms with Crippen molar-refractivity contribution in [2.24, 2.45) is 82.3 Å². The lowest BCUT2D eigenvalue weighted by Gasteiger charge is -2.51. The summed E-state index contributed by atoms with van der Waals surface area (Å²) in [5.74, 6) is 13.5. The molecule has 2 heteroatoms. The molecule has 0 bridgehead atoms. The zero-order chi connectivity index (χ0) is 31.8. The average Bonchev–Trinajstić information content (AvgIpc) is 3.64. The van der Waals surface area contributed by atoms with E-state index in [2.05, 4.69) is 73.3 Å². The van der Waals surface area contributed by atoms with Crippen molar-refractivity contribution in [3.05, 3.63) is 0 Å². The molecule has 1 aliphatic heterocycles. The summed E-state index contributed by atoms with van der Waals surface area (Å²) in [5, 5.41) is 1.89. The number of hydrogen-bond acceptors (Lipinski definition) is 1. The summed E-state index contributed by atoms with van der Waals surface area (Å²) >= 11 is 2.56. The molecule has 0 nitrogen and oxygen atoms in total. The highest BCUT2D eigenvalue weighted by molar-refractivity contribution is 8.00. The van der Waals surface area contributed by atoms with Crippen LogP contribution in [0.5, 0.6) is 0 Å². The van der Waals surface area contributed by atoms with E-state index in [1.165, 1.54) is 25.7 Å². The predicted octanol–water partition coefficient (Wildman–Crippen LogP) is 13.4. The summed E-state index contributed by atoms with van der Waals surface area (Å²) in [5.41, 5.74) is 2.66. The molecule has 6 saturated carbocycles. The Balaban J connectivity index is 1.11. The summed E-state index contributed by atoms with van der Waals surface area (Å²) in [6.45, 7) is 24.3. The molecule has 14 unspecified atom stereocenters. The minimum Gasteiger partial charge on any atom is -0.155 e. The minimum atomic E-state index is -1.50. The molecule has 7 aliphatic rings. The lowest BCUT2D eigenvalue weighted by molar-refractivity contribution is 0.0126. The van der Waals surface area contributed by atoms with Crippen LogP contribution in [0, 0.1) is 82.3 Å². The van der Waals surface area contributed by atoms with Crippen LogP contribution in [0.4, 0.5) is 0 Å². The van der Waals surface area contributed by atoms with Crippen LogP contribution in [-0.2, 0) is 0 Å². The van der Waals surface area contributed by atoms with Crippen molar-refractivity contribution in [3.63, 3.8) is 0 Å². The number of hydrogen-bond donors (Lipinski definition) is 0. The Kier molecular flexibility index (Phi) is 9.86. The van der Waals surface area contributed by atoms with E-state index in [4.69, 9.17) is 0 Å². The van der Waals surface area contributed by atoms with E-state index in [9.17, 15) is 0 Å². The van der Waals surface area contributed by atoms with Crippen LogP contribution in [-0.4, -0.2) is 18.6 Å². The molecule has 0 N–H and O–H groups in total. The second kappa shape index (κ2) is 13.0. The van der Waals surface area contributed by atoms with Crippen molar-refractivity contribution in [1.29, 1.82) is 0 Å². The average molecular weight is 653 g/mol. The van der Waals surface area contributed by atoms with E-state index in [0.29, 0.717) is 5.41 Å². The molecular formula is C43H76SSi. The molecule has 0 radical (unpaired) electrons. The van der Waals surface area contributed by atoms with Gasteiger partial charge in [-0.15, -0.1) is 0 Å². The smallest absolute Gasteiger partial charge is 0.0555 e. The first-order chi connectivity index (χ1) is 21.4. The summed E-state index contributed by atoms with van der Waals surface area (Å²) in [6, 6.07) is 0. The Morgan fingerprint density at radius 3 is 1.89 bits per heavy atom. The first-order valence-electron chi connectivity index (χ1n) is 21.0. The van der Waals surface area contributed by atoms with Crippen molar-refractivity contribution < 1.29 is 0 Å². The topological polar surface area (TPSA) is 0 Å². The van der Waals surface area contributed by atoms with Crippen molar-refractivity contribution in [2.75, 3.05) is 0 Å². The third-order valence-electron chi connectivity index (χ3n) is 17.4. The van der Waals surface area contributed by atoms with Gasteiger partial charge < -0.3 is 0 Å². The van der Waals surface area contributed by atoms with Gasteiger partial charge in [0.25, 0.3) is 0 Å². The highest BCUT2D eigenvalue weighted by atomic mass is 32.2. The summed E-state index contributed by atoms with van der Waals surface area (Å²) in [4.78, 5) is 0. The molecule has 0 aromatic carbocycles. The SMILES string of the molecule is CC(C)C1CC2C(SC(C)C2C2CCC(C(C)(C)C)CC2)C1[Si](C)(C)C1C(C)CC2C(C3CCCC4CCCCC43)CCCC21. The number of fused-ring (bicyclic) bond motifs is 3. The van der Waals surface area contributed by atoms with Crippen LogP contribution in [0.25, 0.3) is 0 Å². The molecule has 0 aromatic heterocycles. The van der Waals surface area contributed by atoms with Gasteiger partial charge in [-0.05, 0) is 151 Å². The van der Waals surface area contributed by atoms with Gasteiger partial charge in [0.05, 0.1) is 8.07 Å². The Morgan fingerprint density at radius 2 is 1.20 bits per heavy atom. The monoisotopic (exact) mass is 653 g/mol. The standard InChI is InChI=1S/C43H76SSi/c1-26(2)36-25-38-39(30-20-22-31(23-21-30)43(5,6)7)28(4)44-40(38)42(36)45(8,9)41-27(3)24-37-34(18-13-19-35(37)41)33-17-12-15-29-14-10-11-16-32(29)33/h26-42H,10-25H2,1-9H3. The molecule has 7 rings (SSSR count). The van der Waals surface area contributed by atoms with E-state index in [1.807, 2.05) is 0 Å². The fraction of sp³-hybridized carbons (Fsp3) is 1.00. The van der Waals surface area contributed by atoms with Gasteiger partial charge in [-0.1, -0.05) is 107 Å². The lowest BCUT2D eigenvalue weighted by atomic mass is 9.57. The Labute approximate surface area is 287 Å². The van der Waals surface area contributed by atoms with E-state index in [1.54, 1.807) is 77.0 Å². The largest absolute Gasteiger partial charge is 0.155 e. The van der Waals surface area contributed by atoms with Crippen LogP contribution >= 0.6 is 11.8 Å². The molecule has 14 atom stereocenters. The quantitative estimate of drug-likeness (QED) is 0.266. The zero-order valence-corrected chi connectivity index (χ0v) is 33.4. The molecule has 7 fully saturated rings. The molecule has 0 amide bonds.